The minimum absolute atomic E-state index is 0.822. The second-order valence-corrected chi connectivity index (χ2v) is 7.30. The Morgan fingerprint density at radius 3 is 2.37 bits per heavy atom. The van der Waals surface area contributed by atoms with Gasteiger partial charge in [0.25, 0.3) is 0 Å². The van der Waals surface area contributed by atoms with E-state index < -0.39 is 0 Å². The molecule has 3 aromatic rings. The first-order valence-corrected chi connectivity index (χ1v) is 9.80. The molecule has 0 aliphatic rings. The largest absolute Gasteiger partial charge is 0.384 e. The van der Waals surface area contributed by atoms with Crippen molar-refractivity contribution in [2.75, 3.05) is 20.3 Å². The molecular formula is C24H31N2O+. The molecule has 1 aromatic heterocycles. The number of hydrogen-bond donors (Lipinski definition) is 1. The number of rotatable bonds is 10. The zero-order chi connectivity index (χ0) is 18.9. The van der Waals surface area contributed by atoms with Gasteiger partial charge < -0.3 is 14.2 Å². The summed E-state index contributed by atoms with van der Waals surface area (Å²) in [5.41, 5.74) is 5.44. The van der Waals surface area contributed by atoms with Crippen molar-refractivity contribution in [2.24, 2.45) is 0 Å². The molecule has 0 amide bonds. The molecule has 0 radical (unpaired) electrons. The summed E-state index contributed by atoms with van der Waals surface area (Å²) in [5, 5.41) is 0. The smallest absolute Gasteiger partial charge is 0.118 e. The molecule has 27 heavy (non-hydrogen) atoms. The number of nitrogens with zero attached hydrogens (tertiary/aromatic N) is 1. The highest BCUT2D eigenvalue weighted by atomic mass is 16.5. The predicted molar refractivity (Wildman–Crippen MR) is 111 cm³/mol. The van der Waals surface area contributed by atoms with Gasteiger partial charge in [-0.05, 0) is 24.6 Å². The molecule has 1 heterocycles. The van der Waals surface area contributed by atoms with Crippen LogP contribution in [0.2, 0.25) is 0 Å². The van der Waals surface area contributed by atoms with Gasteiger partial charge in [0.1, 0.15) is 13.1 Å². The van der Waals surface area contributed by atoms with Crippen LogP contribution >= 0.6 is 0 Å². The predicted octanol–water partition coefficient (Wildman–Crippen LogP) is 3.47. The molecule has 1 unspecified atom stereocenters. The third-order valence-corrected chi connectivity index (χ3v) is 5.00. The van der Waals surface area contributed by atoms with Crippen LogP contribution < -0.4 is 4.90 Å². The molecule has 0 aliphatic carbocycles. The van der Waals surface area contributed by atoms with E-state index in [1.165, 1.54) is 22.4 Å². The Morgan fingerprint density at radius 2 is 1.63 bits per heavy atom. The van der Waals surface area contributed by atoms with Crippen molar-refractivity contribution in [1.29, 1.82) is 0 Å². The van der Waals surface area contributed by atoms with Gasteiger partial charge in [0, 0.05) is 31.8 Å². The standard InChI is InChI=1S/C24H30N2O/c1-21-11-13-23(14-12-21)18-25(15-7-17-27-2)20-24-10-6-16-26(24)19-22-8-4-3-5-9-22/h3-6,8-14,16H,7,15,17-20H2,1-2H3/p+1. The molecule has 1 atom stereocenters. The first kappa shape index (κ1) is 19.4. The van der Waals surface area contributed by atoms with Crippen LogP contribution in [0.15, 0.2) is 72.9 Å². The quantitative estimate of drug-likeness (QED) is 0.547. The minimum atomic E-state index is 0.822. The van der Waals surface area contributed by atoms with E-state index in [0.29, 0.717) is 0 Å². The molecule has 1 N–H and O–H groups in total. The van der Waals surface area contributed by atoms with Crippen LogP contribution in [0.5, 0.6) is 0 Å². The Morgan fingerprint density at radius 1 is 0.852 bits per heavy atom. The van der Waals surface area contributed by atoms with E-state index in [4.69, 9.17) is 4.74 Å². The van der Waals surface area contributed by atoms with Crippen LogP contribution in [0.25, 0.3) is 0 Å². The van der Waals surface area contributed by atoms with E-state index in [2.05, 4.69) is 84.4 Å². The Balaban J connectivity index is 1.69. The molecule has 0 saturated heterocycles. The van der Waals surface area contributed by atoms with Crippen molar-refractivity contribution < 1.29 is 9.64 Å². The fraction of sp³-hybridized carbons (Fsp3) is 0.333. The minimum Gasteiger partial charge on any atom is -0.384 e. The first-order valence-electron chi connectivity index (χ1n) is 9.80. The SMILES string of the molecule is COCCC[NH+](Cc1ccc(C)cc1)Cc1cccn1Cc1ccccc1. The van der Waals surface area contributed by atoms with E-state index in [-0.39, 0.29) is 0 Å². The molecule has 3 heteroatoms. The molecule has 3 nitrogen and oxygen atoms in total. The average molecular weight is 364 g/mol. The number of aromatic nitrogens is 1. The van der Waals surface area contributed by atoms with Crippen LogP contribution in [-0.2, 0) is 24.4 Å². The number of benzene rings is 2. The lowest BCUT2D eigenvalue weighted by atomic mass is 10.1. The zero-order valence-corrected chi connectivity index (χ0v) is 16.5. The Bertz CT molecular complexity index is 793. The lowest BCUT2D eigenvalue weighted by Gasteiger charge is -2.21. The molecular weight excluding hydrogens is 332 g/mol. The average Bonchev–Trinajstić information content (AvgIpc) is 3.11. The van der Waals surface area contributed by atoms with Crippen LogP contribution in [0, 0.1) is 6.92 Å². The Labute approximate surface area is 163 Å². The summed E-state index contributed by atoms with van der Waals surface area (Å²) in [6.07, 6.45) is 3.28. The third-order valence-electron chi connectivity index (χ3n) is 5.00. The summed E-state index contributed by atoms with van der Waals surface area (Å²) in [6, 6.07) is 24.0. The van der Waals surface area contributed by atoms with Crippen molar-refractivity contribution in [3.8, 4) is 0 Å². The van der Waals surface area contributed by atoms with Crippen LogP contribution in [0.1, 0.15) is 28.8 Å². The fourth-order valence-electron chi connectivity index (χ4n) is 3.50. The van der Waals surface area contributed by atoms with Gasteiger partial charge in [-0.2, -0.15) is 0 Å². The lowest BCUT2D eigenvalue weighted by molar-refractivity contribution is -0.928. The van der Waals surface area contributed by atoms with Gasteiger partial charge in [0.2, 0.25) is 0 Å². The first-order chi connectivity index (χ1) is 13.2. The van der Waals surface area contributed by atoms with Gasteiger partial charge in [-0.3, -0.25) is 0 Å². The van der Waals surface area contributed by atoms with E-state index in [1.54, 1.807) is 12.0 Å². The Hall–Kier alpha value is -2.36. The van der Waals surface area contributed by atoms with Gasteiger partial charge in [-0.15, -0.1) is 0 Å². The van der Waals surface area contributed by atoms with Crippen molar-refractivity contribution in [1.82, 2.24) is 4.57 Å². The van der Waals surface area contributed by atoms with E-state index in [9.17, 15) is 0 Å². The maximum atomic E-state index is 5.28. The number of quaternary nitrogens is 1. The highest BCUT2D eigenvalue weighted by Gasteiger charge is 2.13. The van der Waals surface area contributed by atoms with Gasteiger partial charge in [0.05, 0.1) is 18.8 Å². The second kappa shape index (κ2) is 10.1. The maximum absolute atomic E-state index is 5.28. The molecule has 0 spiro atoms. The monoisotopic (exact) mass is 363 g/mol. The van der Waals surface area contributed by atoms with E-state index >= 15 is 0 Å². The van der Waals surface area contributed by atoms with E-state index in [1.807, 2.05) is 0 Å². The normalized spacial score (nSPS) is 12.2. The van der Waals surface area contributed by atoms with Crippen molar-refractivity contribution in [2.45, 2.75) is 33.0 Å². The van der Waals surface area contributed by atoms with Crippen LogP contribution in [0.4, 0.5) is 0 Å². The van der Waals surface area contributed by atoms with Crippen LogP contribution in [0.3, 0.4) is 0 Å². The second-order valence-electron chi connectivity index (χ2n) is 7.30. The zero-order valence-electron chi connectivity index (χ0n) is 16.5. The fourth-order valence-corrected chi connectivity index (χ4v) is 3.50. The number of nitrogens with one attached hydrogen (secondary N) is 1. The van der Waals surface area contributed by atoms with Crippen molar-refractivity contribution in [3.63, 3.8) is 0 Å². The van der Waals surface area contributed by atoms with Gasteiger partial charge >= 0.3 is 0 Å². The maximum Gasteiger partial charge on any atom is 0.118 e. The summed E-state index contributed by atoms with van der Waals surface area (Å²) in [4.78, 5) is 1.57. The van der Waals surface area contributed by atoms with Crippen LogP contribution in [-0.4, -0.2) is 24.8 Å². The molecule has 0 fully saturated rings. The van der Waals surface area contributed by atoms with Gasteiger partial charge in [-0.25, -0.2) is 0 Å². The number of methoxy groups -OCH3 is 1. The van der Waals surface area contributed by atoms with Gasteiger partial charge in [-0.1, -0.05) is 60.2 Å². The summed E-state index contributed by atoms with van der Waals surface area (Å²) in [7, 11) is 1.78. The summed E-state index contributed by atoms with van der Waals surface area (Å²) in [6.45, 7) is 7.07. The molecule has 0 bridgehead atoms. The van der Waals surface area contributed by atoms with E-state index in [0.717, 1.165) is 39.2 Å². The number of hydrogen-bond acceptors (Lipinski definition) is 1. The lowest BCUT2D eigenvalue weighted by Crippen LogP contribution is -3.09. The summed E-state index contributed by atoms with van der Waals surface area (Å²) >= 11 is 0. The molecule has 0 aliphatic heterocycles. The molecule has 3 rings (SSSR count). The number of ether oxygens (including phenoxy) is 1. The highest BCUT2D eigenvalue weighted by Crippen LogP contribution is 2.08. The third kappa shape index (κ3) is 6.09. The summed E-state index contributed by atoms with van der Waals surface area (Å²) < 4.78 is 7.65. The Kier molecular flexibility index (Phi) is 7.26. The highest BCUT2D eigenvalue weighted by molar-refractivity contribution is 5.20. The number of aryl methyl sites for hydroxylation is 1. The van der Waals surface area contributed by atoms with Gasteiger partial charge in [0.15, 0.2) is 0 Å². The topological polar surface area (TPSA) is 18.6 Å². The summed E-state index contributed by atoms with van der Waals surface area (Å²) in [5.74, 6) is 0. The van der Waals surface area contributed by atoms with Crippen molar-refractivity contribution >= 4 is 0 Å². The molecule has 0 saturated carbocycles. The molecule has 142 valence electrons. The molecule has 2 aromatic carbocycles. The van der Waals surface area contributed by atoms with Crippen molar-refractivity contribution in [3.05, 3.63) is 95.3 Å².